The highest BCUT2D eigenvalue weighted by atomic mass is 35.5. The Morgan fingerprint density at radius 1 is 1.11 bits per heavy atom. The Labute approximate surface area is 326 Å². The molecule has 2 aromatic carbocycles. The van der Waals surface area contributed by atoms with Gasteiger partial charge in [0, 0.05) is 80.2 Å². The Morgan fingerprint density at radius 2 is 1.96 bits per heavy atom. The summed E-state index contributed by atoms with van der Waals surface area (Å²) in [6.45, 7) is 10.4. The van der Waals surface area contributed by atoms with Crippen LogP contribution in [-0.2, 0) is 26.3 Å². The number of ether oxygens (including phenoxy) is 2. The lowest BCUT2D eigenvalue weighted by Crippen LogP contribution is -2.62. The number of nitrogens with one attached hydrogen (secondary N) is 1. The minimum atomic E-state index is -2.98. The lowest BCUT2D eigenvalue weighted by atomic mass is 9.63. The van der Waals surface area contributed by atoms with Crippen LogP contribution in [0.3, 0.4) is 0 Å². The van der Waals surface area contributed by atoms with E-state index in [1.807, 2.05) is 32.2 Å². The molecule has 2 saturated heterocycles. The number of carbonyl (C=O) groups is 1. The second-order valence-electron chi connectivity index (χ2n) is 17.4. The predicted octanol–water partition coefficient (Wildman–Crippen LogP) is 6.69. The number of carbonyl (C=O) groups excluding carboxylic acids is 1. The van der Waals surface area contributed by atoms with Crippen LogP contribution >= 0.6 is 11.6 Å². The van der Waals surface area contributed by atoms with Crippen molar-refractivity contribution in [2.24, 2.45) is 17.8 Å². The van der Waals surface area contributed by atoms with Crippen LogP contribution in [0.4, 0.5) is 10.1 Å². The topological polar surface area (TPSA) is 74.4 Å². The number of aryl methyl sites for hydroxylation is 1. The molecule has 11 heteroatoms. The van der Waals surface area contributed by atoms with E-state index in [-0.39, 0.29) is 34.4 Å². The van der Waals surface area contributed by atoms with E-state index in [1.54, 1.807) is 6.07 Å². The lowest BCUT2D eigenvalue weighted by Gasteiger charge is -2.53. The van der Waals surface area contributed by atoms with E-state index in [1.165, 1.54) is 11.1 Å². The number of benzene rings is 2. The Bertz CT molecular complexity index is 1880. The summed E-state index contributed by atoms with van der Waals surface area (Å²) in [5.74, 6) is 5.03. The van der Waals surface area contributed by atoms with Gasteiger partial charge in [-0.15, -0.1) is 0 Å². The molecule has 54 heavy (non-hydrogen) atoms. The third kappa shape index (κ3) is 7.23. The van der Waals surface area contributed by atoms with Gasteiger partial charge in [-0.05, 0) is 123 Å². The van der Waals surface area contributed by atoms with Gasteiger partial charge in [0.15, 0.2) is 0 Å². The molecule has 0 aromatic heterocycles. The number of piperidine rings is 1. The molecule has 1 unspecified atom stereocenters. The van der Waals surface area contributed by atoms with Gasteiger partial charge in [0.2, 0.25) is 0 Å². The summed E-state index contributed by atoms with van der Waals surface area (Å²) in [6, 6.07) is 12.2. The molecule has 4 aliphatic heterocycles. The van der Waals surface area contributed by atoms with Crippen molar-refractivity contribution in [2.75, 3.05) is 64.4 Å². The molecule has 1 N–H and O–H groups in total. The van der Waals surface area contributed by atoms with Gasteiger partial charge in [0.1, 0.15) is 17.5 Å². The molecule has 2 aliphatic carbocycles. The minimum Gasteiger partial charge on any atom is -0.490 e. The Kier molecular flexibility index (Phi) is 10.6. The first-order chi connectivity index (χ1) is 25.9. The molecule has 6 aliphatic rings. The number of nitrogens with zero attached hydrogens (tertiary/aromatic N) is 3. The van der Waals surface area contributed by atoms with Gasteiger partial charge < -0.3 is 14.4 Å². The average Bonchev–Trinajstić information content (AvgIpc) is 3.28. The highest BCUT2D eigenvalue weighted by molar-refractivity contribution is 7.99. The molecule has 1 spiro atoms. The predicted molar refractivity (Wildman–Crippen MR) is 217 cm³/mol. The summed E-state index contributed by atoms with van der Waals surface area (Å²) >= 11 is 6.52. The molecule has 1 saturated carbocycles. The number of allylic oxidation sites excluding steroid dienone is 1. The zero-order chi connectivity index (χ0) is 37.8. The highest BCUT2D eigenvalue weighted by Gasteiger charge is 2.50. The summed E-state index contributed by atoms with van der Waals surface area (Å²) in [4.78, 5) is 21.3. The second-order valence-corrected chi connectivity index (χ2v) is 20.3. The van der Waals surface area contributed by atoms with E-state index >= 15 is 0 Å². The summed E-state index contributed by atoms with van der Waals surface area (Å²) in [6.07, 6.45) is 10.9. The van der Waals surface area contributed by atoms with Gasteiger partial charge in [-0.2, -0.15) is 0 Å². The van der Waals surface area contributed by atoms with E-state index in [0.717, 1.165) is 94.4 Å². The Morgan fingerprint density at radius 3 is 2.76 bits per heavy atom. The summed E-state index contributed by atoms with van der Waals surface area (Å²) in [5.41, 5.74) is 3.13. The van der Waals surface area contributed by atoms with Gasteiger partial charge in [-0.25, -0.2) is 8.60 Å². The molecule has 4 heterocycles. The number of amides is 1. The summed E-state index contributed by atoms with van der Waals surface area (Å²) in [5, 5.41) is 0.395. The number of halogens is 2. The SMILES string of the molecule is C=S1(=O)NC(=O)c2ccc3c(c2)N(C[C@@H]2CC[C@H]2[C@@](CN2CCN4CC[C@@H](F)C[C@H]4C2)(OC)/C=C/C[C@H](C)[C@H]1C)C[C@@]1(CCCc2cc(Cl)ccc21)CO3. The molecular formula is C43H58ClFN4O4S. The van der Waals surface area contributed by atoms with Crippen LogP contribution in [0, 0.1) is 17.8 Å². The van der Waals surface area contributed by atoms with Crippen LogP contribution in [-0.4, -0.2) is 108 Å². The van der Waals surface area contributed by atoms with Crippen LogP contribution in [0.15, 0.2) is 48.6 Å². The smallest absolute Gasteiger partial charge is 0.262 e. The molecule has 9 atom stereocenters. The van der Waals surface area contributed by atoms with Crippen LogP contribution in [0.1, 0.15) is 80.3 Å². The maximum absolute atomic E-state index is 14.6. The molecule has 3 fully saturated rings. The maximum Gasteiger partial charge on any atom is 0.262 e. The average molecular weight is 781 g/mol. The molecule has 2 aromatic rings. The molecule has 1 amide bonds. The van der Waals surface area contributed by atoms with Crippen molar-refractivity contribution in [2.45, 2.75) is 93.7 Å². The van der Waals surface area contributed by atoms with Crippen LogP contribution in [0.2, 0.25) is 5.02 Å². The molecule has 0 radical (unpaired) electrons. The number of fused-ring (bicyclic) bond motifs is 5. The number of methoxy groups -OCH3 is 1. The first-order valence-corrected chi connectivity index (χ1v) is 22.4. The number of anilines is 1. The van der Waals surface area contributed by atoms with Crippen LogP contribution < -0.4 is 14.4 Å². The minimum absolute atomic E-state index is 0.00107. The van der Waals surface area contributed by atoms with Gasteiger partial charge in [0.05, 0.1) is 22.0 Å². The van der Waals surface area contributed by atoms with Crippen LogP contribution in [0.5, 0.6) is 5.75 Å². The van der Waals surface area contributed by atoms with Crippen molar-refractivity contribution < 1.29 is 22.9 Å². The van der Waals surface area contributed by atoms with E-state index in [4.69, 9.17) is 21.1 Å². The molecule has 2 bridgehead atoms. The third-order valence-corrected chi connectivity index (χ3v) is 16.6. The number of alkyl halides is 1. The van der Waals surface area contributed by atoms with Gasteiger partial charge in [-0.3, -0.25) is 19.3 Å². The zero-order valence-corrected chi connectivity index (χ0v) is 33.8. The van der Waals surface area contributed by atoms with E-state index < -0.39 is 21.5 Å². The highest BCUT2D eigenvalue weighted by Crippen LogP contribution is 2.49. The molecule has 294 valence electrons. The molecule has 8 rings (SSSR count). The van der Waals surface area contributed by atoms with Crippen molar-refractivity contribution in [1.82, 2.24) is 14.5 Å². The summed E-state index contributed by atoms with van der Waals surface area (Å²) < 4.78 is 45.0. The number of rotatable bonds is 3. The van der Waals surface area contributed by atoms with Gasteiger partial charge in [-0.1, -0.05) is 36.7 Å². The lowest BCUT2D eigenvalue weighted by molar-refractivity contribution is -0.101. The first kappa shape index (κ1) is 38.3. The maximum atomic E-state index is 14.6. The van der Waals surface area contributed by atoms with Crippen molar-refractivity contribution in [3.63, 3.8) is 0 Å². The van der Waals surface area contributed by atoms with E-state index in [0.29, 0.717) is 37.4 Å². The normalized spacial score (nSPS) is 38.2. The fraction of sp³-hybridized carbons (Fsp3) is 0.628. The Balaban J connectivity index is 1.18. The monoisotopic (exact) mass is 780 g/mol. The van der Waals surface area contributed by atoms with Crippen molar-refractivity contribution in [1.29, 1.82) is 0 Å². The standard InChI is InChI=1S/C43H58ClFN4O4S/c1-29-7-5-17-43(52-3,27-47-19-20-48-18-15-35(45)23-36(48)25-47)38-12-9-33(38)24-49-26-42(16-6-8-31-21-34(44)11-13-37(31)42)28-53-40-14-10-32(22-39(40)49)41(50)46-54(4,51)30(29)2/h5,10-11,13-14,17,21-22,29-30,33,35-36,38H,4,6-9,12,15-16,18-20,23-28H2,1-3H3,(H,46,50,51)/b17-5+/t29-,30+,33-,35+,36-,38+,42-,43+,54?/m0/s1. The Hall–Kier alpha value is -2.63. The number of hydrogen-bond acceptors (Lipinski definition) is 7. The van der Waals surface area contributed by atoms with E-state index in [2.05, 4.69) is 56.5 Å². The molecule has 8 nitrogen and oxygen atoms in total. The number of hydrogen-bond donors (Lipinski definition) is 1. The zero-order valence-electron chi connectivity index (χ0n) is 32.2. The molecular weight excluding hydrogens is 723 g/mol. The fourth-order valence-corrected chi connectivity index (χ4v) is 12.3. The quantitative estimate of drug-likeness (QED) is 0.275. The van der Waals surface area contributed by atoms with Gasteiger partial charge in [0.25, 0.3) is 5.91 Å². The second kappa shape index (κ2) is 15.0. The van der Waals surface area contributed by atoms with E-state index in [9.17, 15) is 13.4 Å². The van der Waals surface area contributed by atoms with Crippen LogP contribution in [0.25, 0.3) is 0 Å². The fourth-order valence-electron chi connectivity index (χ4n) is 10.6. The van der Waals surface area contributed by atoms with Gasteiger partial charge >= 0.3 is 0 Å². The largest absolute Gasteiger partial charge is 0.490 e. The summed E-state index contributed by atoms with van der Waals surface area (Å²) in [7, 11) is -1.12. The van der Waals surface area contributed by atoms with Crippen molar-refractivity contribution in [3.05, 3.63) is 70.3 Å². The van der Waals surface area contributed by atoms with Crippen molar-refractivity contribution in [3.8, 4) is 5.75 Å². The third-order valence-electron chi connectivity index (χ3n) is 14.2. The first-order valence-electron chi connectivity index (χ1n) is 20.2. The van der Waals surface area contributed by atoms with Crippen molar-refractivity contribution >= 4 is 38.8 Å². The number of piperazine rings is 1.